The van der Waals surface area contributed by atoms with Crippen LogP contribution < -0.4 is 14.8 Å². The number of hydrogen-bond donors (Lipinski definition) is 3. The second-order valence-corrected chi connectivity index (χ2v) is 10.8. The van der Waals surface area contributed by atoms with Gasteiger partial charge in [-0.2, -0.15) is 0 Å². The standard InChI is InChI=1S/C21H23N5O5S2/c1-13-12-14(2)23-21(22-13)26-33(30,31)17-10-8-16(9-11-17)24-20(27)18-6-5-7-19(15(18)3)25-32(4,28)29/h5-12,25H,1-4H3,(H,24,27)(H,22,23,26). The summed E-state index contributed by atoms with van der Waals surface area (Å²) in [6, 6.07) is 12.0. The first kappa shape index (κ1) is 24.1. The number of rotatable bonds is 7. The van der Waals surface area contributed by atoms with Crippen LogP contribution >= 0.6 is 0 Å². The number of hydrogen-bond acceptors (Lipinski definition) is 7. The van der Waals surface area contributed by atoms with Gasteiger partial charge in [-0.05, 0) is 68.8 Å². The van der Waals surface area contributed by atoms with Crippen molar-refractivity contribution in [1.29, 1.82) is 0 Å². The number of anilines is 3. The first-order valence-electron chi connectivity index (χ1n) is 9.68. The number of carbonyl (C=O) groups is 1. The Morgan fingerprint density at radius 2 is 1.45 bits per heavy atom. The van der Waals surface area contributed by atoms with Crippen LogP contribution in [0.3, 0.4) is 0 Å². The molecule has 1 aromatic heterocycles. The molecule has 0 aliphatic carbocycles. The van der Waals surface area contributed by atoms with Gasteiger partial charge in [-0.1, -0.05) is 6.07 Å². The lowest BCUT2D eigenvalue weighted by Crippen LogP contribution is -2.17. The Labute approximate surface area is 192 Å². The maximum absolute atomic E-state index is 12.7. The van der Waals surface area contributed by atoms with Crippen molar-refractivity contribution in [3.63, 3.8) is 0 Å². The number of aromatic nitrogens is 2. The van der Waals surface area contributed by atoms with Gasteiger partial charge < -0.3 is 5.32 Å². The topological polar surface area (TPSA) is 147 Å². The van der Waals surface area contributed by atoms with Crippen molar-refractivity contribution in [3.8, 4) is 0 Å². The zero-order valence-electron chi connectivity index (χ0n) is 18.4. The van der Waals surface area contributed by atoms with Gasteiger partial charge >= 0.3 is 0 Å². The van der Waals surface area contributed by atoms with Gasteiger partial charge in [0.15, 0.2) is 0 Å². The molecule has 2 aromatic carbocycles. The number of amides is 1. The van der Waals surface area contributed by atoms with E-state index in [1.807, 2.05) is 0 Å². The van der Waals surface area contributed by atoms with E-state index in [-0.39, 0.29) is 16.4 Å². The van der Waals surface area contributed by atoms with Gasteiger partial charge in [0.2, 0.25) is 16.0 Å². The van der Waals surface area contributed by atoms with E-state index in [0.717, 1.165) is 6.26 Å². The van der Waals surface area contributed by atoms with Gasteiger partial charge in [0.05, 0.1) is 16.8 Å². The lowest BCUT2D eigenvalue weighted by Gasteiger charge is -2.13. The van der Waals surface area contributed by atoms with E-state index < -0.39 is 26.0 Å². The van der Waals surface area contributed by atoms with Crippen molar-refractivity contribution in [2.24, 2.45) is 0 Å². The maximum atomic E-state index is 12.7. The third-order valence-electron chi connectivity index (χ3n) is 4.50. The Kier molecular flexibility index (Phi) is 6.70. The molecule has 10 nitrogen and oxygen atoms in total. The molecule has 1 heterocycles. The number of carbonyl (C=O) groups excluding carboxylic acids is 1. The van der Waals surface area contributed by atoms with Crippen LogP contribution in [0.2, 0.25) is 0 Å². The zero-order chi connectivity index (χ0) is 24.4. The van der Waals surface area contributed by atoms with Crippen LogP contribution in [0.5, 0.6) is 0 Å². The zero-order valence-corrected chi connectivity index (χ0v) is 20.0. The quantitative estimate of drug-likeness (QED) is 0.462. The summed E-state index contributed by atoms with van der Waals surface area (Å²) in [5, 5.41) is 2.68. The van der Waals surface area contributed by atoms with Crippen molar-refractivity contribution in [2.75, 3.05) is 21.0 Å². The molecule has 0 fully saturated rings. The summed E-state index contributed by atoms with van der Waals surface area (Å²) in [5.41, 5.74) is 2.65. The molecular formula is C21H23N5O5S2. The molecule has 174 valence electrons. The first-order valence-corrected chi connectivity index (χ1v) is 13.1. The molecule has 3 N–H and O–H groups in total. The van der Waals surface area contributed by atoms with Crippen LogP contribution in [-0.2, 0) is 20.0 Å². The number of aryl methyl sites for hydroxylation is 2. The Morgan fingerprint density at radius 3 is 2.03 bits per heavy atom. The summed E-state index contributed by atoms with van der Waals surface area (Å²) in [5.74, 6) is -0.495. The minimum atomic E-state index is -3.93. The highest BCUT2D eigenvalue weighted by atomic mass is 32.2. The molecule has 0 unspecified atom stereocenters. The van der Waals surface area contributed by atoms with E-state index in [2.05, 4.69) is 24.7 Å². The SMILES string of the molecule is Cc1cc(C)nc(NS(=O)(=O)c2ccc(NC(=O)c3cccc(NS(C)(=O)=O)c3C)cc2)n1. The fourth-order valence-electron chi connectivity index (χ4n) is 3.06. The van der Waals surface area contributed by atoms with Gasteiger partial charge in [0.1, 0.15) is 0 Å². The summed E-state index contributed by atoms with van der Waals surface area (Å²) in [4.78, 5) is 20.8. The van der Waals surface area contributed by atoms with Gasteiger partial charge in [-0.15, -0.1) is 0 Å². The minimum absolute atomic E-state index is 0.0251. The molecule has 0 saturated carbocycles. The molecule has 0 aliphatic rings. The molecule has 12 heteroatoms. The first-order chi connectivity index (χ1) is 15.3. The highest BCUT2D eigenvalue weighted by molar-refractivity contribution is 7.92. The van der Waals surface area contributed by atoms with Crippen molar-refractivity contribution < 1.29 is 21.6 Å². The van der Waals surface area contributed by atoms with E-state index >= 15 is 0 Å². The van der Waals surface area contributed by atoms with E-state index in [1.54, 1.807) is 45.0 Å². The van der Waals surface area contributed by atoms with Crippen LogP contribution in [0.25, 0.3) is 0 Å². The van der Waals surface area contributed by atoms with Crippen molar-refractivity contribution in [3.05, 3.63) is 71.0 Å². The minimum Gasteiger partial charge on any atom is -0.322 e. The van der Waals surface area contributed by atoms with Crippen LogP contribution in [0.15, 0.2) is 53.4 Å². The summed E-state index contributed by atoms with van der Waals surface area (Å²) < 4.78 is 53.0. The van der Waals surface area contributed by atoms with Gasteiger partial charge in [0.25, 0.3) is 15.9 Å². The monoisotopic (exact) mass is 489 g/mol. The molecular weight excluding hydrogens is 466 g/mol. The molecule has 0 spiro atoms. The average Bonchev–Trinajstić information content (AvgIpc) is 2.67. The smallest absolute Gasteiger partial charge is 0.264 e. The molecule has 3 aromatic rings. The van der Waals surface area contributed by atoms with Crippen LogP contribution in [-0.4, -0.2) is 39.0 Å². The van der Waals surface area contributed by atoms with Crippen molar-refractivity contribution >= 4 is 43.3 Å². The van der Waals surface area contributed by atoms with Crippen molar-refractivity contribution in [1.82, 2.24) is 9.97 Å². The normalized spacial score (nSPS) is 11.6. The molecule has 1 amide bonds. The molecule has 0 saturated heterocycles. The molecule has 0 bridgehead atoms. The Hall–Kier alpha value is -3.51. The predicted octanol–water partition coefficient (Wildman–Crippen LogP) is 2.83. The fourth-order valence-corrected chi connectivity index (χ4v) is 4.62. The fraction of sp³-hybridized carbons (Fsp3) is 0.190. The van der Waals surface area contributed by atoms with E-state index in [4.69, 9.17) is 0 Å². The van der Waals surface area contributed by atoms with Crippen LogP contribution in [0.1, 0.15) is 27.3 Å². The molecule has 33 heavy (non-hydrogen) atoms. The highest BCUT2D eigenvalue weighted by Crippen LogP contribution is 2.22. The molecule has 0 radical (unpaired) electrons. The Balaban J connectivity index is 1.77. The van der Waals surface area contributed by atoms with Crippen LogP contribution in [0, 0.1) is 20.8 Å². The van der Waals surface area contributed by atoms with E-state index in [0.29, 0.717) is 28.3 Å². The number of benzene rings is 2. The summed E-state index contributed by atoms with van der Waals surface area (Å²) in [7, 11) is -7.43. The summed E-state index contributed by atoms with van der Waals surface area (Å²) in [6.45, 7) is 5.09. The molecule has 0 aliphatic heterocycles. The van der Waals surface area contributed by atoms with E-state index in [1.165, 1.54) is 24.3 Å². The van der Waals surface area contributed by atoms with Gasteiger partial charge in [-0.25, -0.2) is 31.5 Å². The Morgan fingerprint density at radius 1 is 0.848 bits per heavy atom. The molecule has 3 rings (SSSR count). The second-order valence-electron chi connectivity index (χ2n) is 7.41. The highest BCUT2D eigenvalue weighted by Gasteiger charge is 2.17. The average molecular weight is 490 g/mol. The number of nitrogens with zero attached hydrogens (tertiary/aromatic N) is 2. The van der Waals surface area contributed by atoms with Gasteiger partial charge in [0, 0.05) is 22.6 Å². The van der Waals surface area contributed by atoms with Crippen LogP contribution in [0.4, 0.5) is 17.3 Å². The number of nitrogens with one attached hydrogen (secondary N) is 3. The lowest BCUT2D eigenvalue weighted by atomic mass is 10.1. The Bertz CT molecular complexity index is 1400. The van der Waals surface area contributed by atoms with Crippen molar-refractivity contribution in [2.45, 2.75) is 25.7 Å². The third-order valence-corrected chi connectivity index (χ3v) is 6.44. The second kappa shape index (κ2) is 9.16. The van der Waals surface area contributed by atoms with E-state index in [9.17, 15) is 21.6 Å². The summed E-state index contributed by atoms with van der Waals surface area (Å²) >= 11 is 0. The third kappa shape index (κ3) is 6.26. The largest absolute Gasteiger partial charge is 0.322 e. The summed E-state index contributed by atoms with van der Waals surface area (Å²) in [6.07, 6.45) is 1.02. The maximum Gasteiger partial charge on any atom is 0.264 e. The lowest BCUT2D eigenvalue weighted by molar-refractivity contribution is 0.102. The molecule has 0 atom stereocenters. The number of sulfonamides is 2. The predicted molar refractivity (Wildman–Crippen MR) is 126 cm³/mol. The van der Waals surface area contributed by atoms with Gasteiger partial charge in [-0.3, -0.25) is 9.52 Å².